The van der Waals surface area contributed by atoms with E-state index < -0.39 is 36.2 Å². The molecule has 2 aromatic rings. The Hall–Kier alpha value is -3.45. The zero-order valence-electron chi connectivity index (χ0n) is 21.3. The van der Waals surface area contributed by atoms with Crippen molar-refractivity contribution in [2.24, 2.45) is 7.05 Å². The molecule has 0 amide bonds. The smallest absolute Gasteiger partial charge is 0.414 e. The first-order valence-corrected chi connectivity index (χ1v) is 12.3. The van der Waals surface area contributed by atoms with Crippen LogP contribution in [0, 0.1) is 6.92 Å². The molecule has 2 bridgehead atoms. The molecule has 2 unspecified atom stereocenters. The average molecular weight is 539 g/mol. The van der Waals surface area contributed by atoms with Gasteiger partial charge in [0.1, 0.15) is 18.7 Å². The summed E-state index contributed by atoms with van der Waals surface area (Å²) in [4.78, 5) is 48.6. The number of carboxylic acid groups (broad SMARTS) is 2. The molecule has 1 aromatic heterocycles. The van der Waals surface area contributed by atoms with Crippen LogP contribution in [0.4, 0.5) is 8.78 Å². The largest absolute Gasteiger partial charge is 0.473 e. The molecule has 2 aliphatic rings. The molecule has 4 rings (SSSR count). The molecule has 1 aromatic carbocycles. The summed E-state index contributed by atoms with van der Waals surface area (Å²) in [6, 6.07) is 7.79. The van der Waals surface area contributed by atoms with E-state index in [0.29, 0.717) is 18.0 Å². The van der Waals surface area contributed by atoms with Gasteiger partial charge < -0.3 is 14.9 Å². The highest BCUT2D eigenvalue weighted by Crippen LogP contribution is 2.37. The fourth-order valence-electron chi connectivity index (χ4n) is 4.91. The highest BCUT2D eigenvalue weighted by Gasteiger charge is 2.42. The van der Waals surface area contributed by atoms with Gasteiger partial charge in [-0.15, -0.1) is 0 Å². The van der Waals surface area contributed by atoms with Gasteiger partial charge in [0.2, 0.25) is 0 Å². The van der Waals surface area contributed by atoms with Gasteiger partial charge in [0.15, 0.2) is 0 Å². The van der Waals surface area contributed by atoms with Crippen LogP contribution in [-0.2, 0) is 41.2 Å². The number of alkyl halides is 2. The van der Waals surface area contributed by atoms with Crippen molar-refractivity contribution in [1.82, 2.24) is 19.0 Å². The Kier molecular flexibility index (Phi) is 9.86. The van der Waals surface area contributed by atoms with Gasteiger partial charge in [0.05, 0.1) is 19.3 Å². The van der Waals surface area contributed by atoms with Crippen molar-refractivity contribution >= 4 is 11.9 Å². The average Bonchev–Trinajstić information content (AvgIpc) is 3.10. The SMILES string of the molecule is Cc1nc(=O)n(C[C@H](F)CN2C3CCC2CC(OCc2ccc(CF)cc2)C3)c(=O)n1C.O=C(O)C(=O)O. The molecule has 38 heavy (non-hydrogen) atoms. The van der Waals surface area contributed by atoms with Crippen LogP contribution in [0.1, 0.15) is 42.6 Å². The number of benzene rings is 1. The maximum atomic E-state index is 14.9. The van der Waals surface area contributed by atoms with Crippen LogP contribution in [-0.4, -0.2) is 72.1 Å². The standard InChI is InChI=1S/C23H30F2N4O3.C2H2O4/c1-15-26-22(30)29(23(31)27(15)2)13-18(25)12-28-19-7-8-20(28)10-21(9-19)32-14-17-5-3-16(11-24)4-6-17;3-1(4)2(5)6/h3-6,18-21H,7-14H2,1-2H3;(H,3,4)(H,5,6)/t18-,19?,20?,21?;/m1./s1. The quantitative estimate of drug-likeness (QED) is 0.477. The van der Waals surface area contributed by atoms with E-state index in [2.05, 4.69) is 9.88 Å². The summed E-state index contributed by atoms with van der Waals surface area (Å²) < 4.78 is 35.8. The highest BCUT2D eigenvalue weighted by molar-refractivity contribution is 6.27. The first-order chi connectivity index (χ1) is 18.0. The number of carboxylic acids is 2. The monoisotopic (exact) mass is 538 g/mol. The summed E-state index contributed by atoms with van der Waals surface area (Å²) in [5.74, 6) is -3.34. The molecule has 0 aliphatic carbocycles. The minimum absolute atomic E-state index is 0.110. The fourth-order valence-corrected chi connectivity index (χ4v) is 4.91. The highest BCUT2D eigenvalue weighted by atomic mass is 19.1. The number of rotatable bonds is 8. The van der Waals surface area contributed by atoms with Gasteiger partial charge in [0, 0.05) is 25.7 Å². The van der Waals surface area contributed by atoms with E-state index in [9.17, 15) is 18.4 Å². The van der Waals surface area contributed by atoms with Gasteiger partial charge in [-0.25, -0.2) is 32.5 Å². The minimum atomic E-state index is -1.82. The Morgan fingerprint density at radius 3 is 2.13 bits per heavy atom. The van der Waals surface area contributed by atoms with Gasteiger partial charge in [-0.05, 0) is 43.7 Å². The zero-order chi connectivity index (χ0) is 28.0. The Labute approximate surface area is 217 Å². The molecule has 0 saturated carbocycles. The lowest BCUT2D eigenvalue weighted by molar-refractivity contribution is -0.159. The predicted molar refractivity (Wildman–Crippen MR) is 131 cm³/mol. The first kappa shape index (κ1) is 29.1. The molecule has 13 heteroatoms. The number of hydrogen-bond acceptors (Lipinski definition) is 7. The van der Waals surface area contributed by atoms with Crippen molar-refractivity contribution in [2.45, 2.75) is 76.8 Å². The lowest BCUT2D eigenvalue weighted by Gasteiger charge is -2.39. The molecule has 208 valence electrons. The van der Waals surface area contributed by atoms with Crippen molar-refractivity contribution in [3.8, 4) is 0 Å². The number of aryl methyl sites for hydroxylation is 1. The molecule has 2 fully saturated rings. The van der Waals surface area contributed by atoms with Crippen LogP contribution >= 0.6 is 0 Å². The van der Waals surface area contributed by atoms with Gasteiger partial charge in [-0.2, -0.15) is 4.98 Å². The van der Waals surface area contributed by atoms with Crippen LogP contribution < -0.4 is 11.4 Å². The third-order valence-electron chi connectivity index (χ3n) is 6.97. The number of carbonyl (C=O) groups is 2. The molecule has 0 spiro atoms. The number of piperidine rings is 1. The van der Waals surface area contributed by atoms with Crippen LogP contribution in [0.25, 0.3) is 0 Å². The summed E-state index contributed by atoms with van der Waals surface area (Å²) in [7, 11) is 1.52. The third-order valence-corrected chi connectivity index (χ3v) is 6.97. The van der Waals surface area contributed by atoms with E-state index in [0.717, 1.165) is 35.8 Å². The Bertz CT molecular complexity index is 1220. The topological polar surface area (TPSA) is 144 Å². The van der Waals surface area contributed by atoms with Gasteiger partial charge >= 0.3 is 23.3 Å². The lowest BCUT2D eigenvalue weighted by atomic mass is 9.99. The summed E-state index contributed by atoms with van der Waals surface area (Å²) in [5, 5.41) is 14.8. The number of aromatic nitrogens is 3. The van der Waals surface area contributed by atoms with Crippen molar-refractivity contribution in [3.63, 3.8) is 0 Å². The summed E-state index contributed by atoms with van der Waals surface area (Å²) in [5.41, 5.74) is 0.421. The number of fused-ring (bicyclic) bond motifs is 2. The number of ether oxygens (including phenoxy) is 1. The Balaban J connectivity index is 0.000000599. The number of halogens is 2. The number of aliphatic carboxylic acids is 2. The second-order valence-corrected chi connectivity index (χ2v) is 9.54. The number of nitrogens with zero attached hydrogens (tertiary/aromatic N) is 4. The number of hydrogen-bond donors (Lipinski definition) is 2. The summed E-state index contributed by atoms with van der Waals surface area (Å²) >= 11 is 0. The maximum Gasteiger partial charge on any atom is 0.414 e. The van der Waals surface area contributed by atoms with E-state index in [-0.39, 0.29) is 31.3 Å². The van der Waals surface area contributed by atoms with E-state index in [1.54, 1.807) is 19.1 Å². The normalized spacial score (nSPS) is 21.4. The second-order valence-electron chi connectivity index (χ2n) is 9.54. The van der Waals surface area contributed by atoms with Crippen LogP contribution in [0.5, 0.6) is 0 Å². The molecular weight excluding hydrogens is 506 g/mol. The maximum absolute atomic E-state index is 14.9. The van der Waals surface area contributed by atoms with Crippen LogP contribution in [0.3, 0.4) is 0 Å². The molecule has 3 heterocycles. The third kappa shape index (κ3) is 7.32. The van der Waals surface area contributed by atoms with Crippen LogP contribution in [0.2, 0.25) is 0 Å². The van der Waals surface area contributed by atoms with Crippen molar-refractivity contribution in [1.29, 1.82) is 0 Å². The molecule has 2 aliphatic heterocycles. The summed E-state index contributed by atoms with van der Waals surface area (Å²) in [6.45, 7) is 1.49. The van der Waals surface area contributed by atoms with Gasteiger partial charge in [-0.1, -0.05) is 24.3 Å². The van der Waals surface area contributed by atoms with E-state index >= 15 is 0 Å². The van der Waals surface area contributed by atoms with Crippen molar-refractivity contribution in [2.75, 3.05) is 6.54 Å². The zero-order valence-corrected chi connectivity index (χ0v) is 21.3. The Morgan fingerprint density at radius 1 is 1.05 bits per heavy atom. The van der Waals surface area contributed by atoms with Crippen LogP contribution in [0.15, 0.2) is 33.9 Å². The molecule has 11 nitrogen and oxygen atoms in total. The molecule has 2 saturated heterocycles. The Morgan fingerprint density at radius 2 is 1.61 bits per heavy atom. The van der Waals surface area contributed by atoms with E-state index in [4.69, 9.17) is 24.5 Å². The minimum Gasteiger partial charge on any atom is -0.473 e. The molecule has 2 N–H and O–H groups in total. The first-order valence-electron chi connectivity index (χ1n) is 12.3. The molecule has 3 atom stereocenters. The van der Waals surface area contributed by atoms with Gasteiger partial charge in [0.25, 0.3) is 0 Å². The molecule has 0 radical (unpaired) electrons. The van der Waals surface area contributed by atoms with Crippen molar-refractivity contribution < 1.29 is 33.3 Å². The lowest BCUT2D eigenvalue weighted by Crippen LogP contribution is -2.50. The van der Waals surface area contributed by atoms with E-state index in [1.165, 1.54) is 11.6 Å². The van der Waals surface area contributed by atoms with Crippen molar-refractivity contribution in [3.05, 3.63) is 62.2 Å². The van der Waals surface area contributed by atoms with Gasteiger partial charge in [-0.3, -0.25) is 9.47 Å². The fraction of sp³-hybridized carbons (Fsp3) is 0.560. The predicted octanol–water partition coefficient (Wildman–Crippen LogP) is 1.43. The molecular formula is C25H32F2N4O7. The van der Waals surface area contributed by atoms with E-state index in [1.807, 2.05) is 12.1 Å². The second kappa shape index (κ2) is 12.9. The summed E-state index contributed by atoms with van der Waals surface area (Å²) in [6.07, 6.45) is 2.43.